The van der Waals surface area contributed by atoms with Gasteiger partial charge in [0, 0.05) is 28.4 Å². The van der Waals surface area contributed by atoms with E-state index in [1.165, 1.54) is 17.8 Å². The molecule has 2 fully saturated rings. The predicted molar refractivity (Wildman–Crippen MR) is 84.6 cm³/mol. The van der Waals surface area contributed by atoms with Crippen molar-refractivity contribution in [1.82, 2.24) is 10.6 Å². The number of hydrogen-bond acceptors (Lipinski definition) is 4. The van der Waals surface area contributed by atoms with E-state index < -0.39 is 5.97 Å². The van der Waals surface area contributed by atoms with Crippen LogP contribution in [0.3, 0.4) is 0 Å². The molecule has 3 heterocycles. The van der Waals surface area contributed by atoms with Gasteiger partial charge >= 0.3 is 5.97 Å². The number of fused-ring (bicyclic) bond motifs is 3. The van der Waals surface area contributed by atoms with Gasteiger partial charge in [0.25, 0.3) is 5.91 Å². The topological polar surface area (TPSA) is 78.4 Å². The number of thiophene rings is 1. The molecule has 2 saturated heterocycles. The minimum atomic E-state index is -0.930. The number of carboxylic acids is 1. The standard InChI is InChI=1S/C16H16N2O3S/c19-15(18-12-7-10-2-3-11(12)17-10)8-1-4-13-9(5-8)6-14(22-13)16(20)21/h1,4-6,10-12,17H,2-3,7H2,(H,18,19)(H,20,21)/t10-,11+,12-/m1/s1. The first-order valence-electron chi connectivity index (χ1n) is 7.44. The molecule has 3 atom stereocenters. The molecule has 0 radical (unpaired) electrons. The summed E-state index contributed by atoms with van der Waals surface area (Å²) in [6.07, 6.45) is 3.33. The van der Waals surface area contributed by atoms with Crippen LogP contribution in [0.1, 0.15) is 39.3 Å². The number of rotatable bonds is 3. The minimum Gasteiger partial charge on any atom is -0.477 e. The first-order valence-corrected chi connectivity index (χ1v) is 8.25. The van der Waals surface area contributed by atoms with E-state index in [2.05, 4.69) is 10.6 Å². The summed E-state index contributed by atoms with van der Waals surface area (Å²) in [5, 5.41) is 16.5. The lowest BCUT2D eigenvalue weighted by atomic mass is 9.95. The molecule has 2 aliphatic rings. The van der Waals surface area contributed by atoms with E-state index in [9.17, 15) is 9.59 Å². The number of hydrogen-bond donors (Lipinski definition) is 3. The highest BCUT2D eigenvalue weighted by Gasteiger charge is 2.39. The van der Waals surface area contributed by atoms with Crippen LogP contribution in [0.25, 0.3) is 10.1 Å². The van der Waals surface area contributed by atoms with Crippen molar-refractivity contribution >= 4 is 33.3 Å². The Morgan fingerprint density at radius 3 is 2.82 bits per heavy atom. The third kappa shape index (κ3) is 2.28. The SMILES string of the molecule is O=C(N[C@@H]1C[C@H]2CC[C@@H]1N2)c1ccc2sc(C(=O)O)cc2c1. The smallest absolute Gasteiger partial charge is 0.345 e. The highest BCUT2D eigenvalue weighted by molar-refractivity contribution is 7.20. The fourth-order valence-corrected chi connectivity index (χ4v) is 4.41. The van der Waals surface area contributed by atoms with Gasteiger partial charge in [-0.3, -0.25) is 4.79 Å². The van der Waals surface area contributed by atoms with Gasteiger partial charge in [-0.1, -0.05) is 0 Å². The minimum absolute atomic E-state index is 0.0793. The van der Waals surface area contributed by atoms with E-state index >= 15 is 0 Å². The lowest BCUT2D eigenvalue weighted by molar-refractivity contribution is 0.0702. The lowest BCUT2D eigenvalue weighted by Gasteiger charge is -2.21. The van der Waals surface area contributed by atoms with Crippen molar-refractivity contribution in [3.63, 3.8) is 0 Å². The quantitative estimate of drug-likeness (QED) is 0.811. The molecule has 2 aromatic rings. The second-order valence-electron chi connectivity index (χ2n) is 6.03. The first-order chi connectivity index (χ1) is 10.6. The Kier molecular flexibility index (Phi) is 3.16. The molecule has 22 heavy (non-hydrogen) atoms. The Balaban J connectivity index is 1.55. The zero-order chi connectivity index (χ0) is 15.3. The Labute approximate surface area is 131 Å². The lowest BCUT2D eigenvalue weighted by Crippen LogP contribution is -2.42. The van der Waals surface area contributed by atoms with Gasteiger partial charge in [0.1, 0.15) is 4.88 Å². The number of carboxylic acid groups (broad SMARTS) is 1. The zero-order valence-corrected chi connectivity index (χ0v) is 12.7. The van der Waals surface area contributed by atoms with Gasteiger partial charge < -0.3 is 15.7 Å². The molecule has 2 aliphatic heterocycles. The third-order valence-corrected chi connectivity index (χ3v) is 5.71. The van der Waals surface area contributed by atoms with E-state index in [1.807, 2.05) is 6.07 Å². The van der Waals surface area contributed by atoms with Gasteiger partial charge in [0.05, 0.1) is 0 Å². The molecule has 5 nitrogen and oxygen atoms in total. The highest BCUT2D eigenvalue weighted by atomic mass is 32.1. The monoisotopic (exact) mass is 316 g/mol. The highest BCUT2D eigenvalue weighted by Crippen LogP contribution is 2.29. The van der Waals surface area contributed by atoms with Gasteiger partial charge in [0.15, 0.2) is 0 Å². The van der Waals surface area contributed by atoms with Crippen molar-refractivity contribution in [3.8, 4) is 0 Å². The fraction of sp³-hybridized carbons (Fsp3) is 0.375. The average Bonchev–Trinajstić information content (AvgIpc) is 3.20. The molecule has 1 aromatic heterocycles. The Morgan fingerprint density at radius 2 is 2.14 bits per heavy atom. The summed E-state index contributed by atoms with van der Waals surface area (Å²) in [6.45, 7) is 0. The van der Waals surface area contributed by atoms with Crippen molar-refractivity contribution in [2.45, 2.75) is 37.4 Å². The summed E-state index contributed by atoms with van der Waals surface area (Å²) in [4.78, 5) is 23.7. The molecule has 0 unspecified atom stereocenters. The molecule has 1 amide bonds. The number of carbonyl (C=O) groups excluding carboxylic acids is 1. The van der Waals surface area contributed by atoms with Crippen LogP contribution in [0, 0.1) is 0 Å². The van der Waals surface area contributed by atoms with E-state index in [0.29, 0.717) is 22.5 Å². The zero-order valence-electron chi connectivity index (χ0n) is 11.8. The predicted octanol–water partition coefficient (Wildman–Crippen LogP) is 2.22. The summed E-state index contributed by atoms with van der Waals surface area (Å²) in [6, 6.07) is 8.14. The molecule has 0 saturated carbocycles. The number of amides is 1. The average molecular weight is 316 g/mol. The second-order valence-corrected chi connectivity index (χ2v) is 7.12. The molecular weight excluding hydrogens is 300 g/mol. The summed E-state index contributed by atoms with van der Waals surface area (Å²) < 4.78 is 0.885. The van der Waals surface area contributed by atoms with Crippen molar-refractivity contribution in [1.29, 1.82) is 0 Å². The molecule has 114 valence electrons. The molecule has 1 aromatic carbocycles. The molecule has 4 rings (SSSR count). The van der Waals surface area contributed by atoms with E-state index in [0.717, 1.165) is 22.9 Å². The van der Waals surface area contributed by atoms with Crippen LogP contribution in [0.15, 0.2) is 24.3 Å². The Morgan fingerprint density at radius 1 is 1.27 bits per heavy atom. The normalized spacial score (nSPS) is 26.5. The number of aromatic carboxylic acids is 1. The van der Waals surface area contributed by atoms with Crippen LogP contribution in [0.5, 0.6) is 0 Å². The maximum absolute atomic E-state index is 12.4. The van der Waals surface area contributed by atoms with E-state index in [4.69, 9.17) is 5.11 Å². The second kappa shape index (κ2) is 5.07. The molecule has 2 bridgehead atoms. The summed E-state index contributed by atoms with van der Waals surface area (Å²) >= 11 is 1.23. The Bertz CT molecular complexity index is 770. The molecule has 0 spiro atoms. The van der Waals surface area contributed by atoms with Crippen molar-refractivity contribution < 1.29 is 14.7 Å². The fourth-order valence-electron chi connectivity index (χ4n) is 3.53. The van der Waals surface area contributed by atoms with Crippen molar-refractivity contribution in [2.24, 2.45) is 0 Å². The van der Waals surface area contributed by atoms with Gasteiger partial charge in [0.2, 0.25) is 0 Å². The van der Waals surface area contributed by atoms with Crippen LogP contribution in [-0.4, -0.2) is 35.1 Å². The largest absolute Gasteiger partial charge is 0.477 e. The molecule has 0 aliphatic carbocycles. The maximum atomic E-state index is 12.4. The molecule has 3 N–H and O–H groups in total. The Hall–Kier alpha value is -1.92. The molecule has 6 heteroatoms. The van der Waals surface area contributed by atoms with E-state index in [1.54, 1.807) is 18.2 Å². The summed E-state index contributed by atoms with van der Waals surface area (Å²) in [5.41, 5.74) is 0.588. The third-order valence-electron chi connectivity index (χ3n) is 4.61. The van der Waals surface area contributed by atoms with Crippen molar-refractivity contribution in [2.75, 3.05) is 0 Å². The first kappa shape index (κ1) is 13.7. The van der Waals surface area contributed by atoms with Gasteiger partial charge in [-0.2, -0.15) is 0 Å². The maximum Gasteiger partial charge on any atom is 0.345 e. The van der Waals surface area contributed by atoms with Crippen LogP contribution in [0.2, 0.25) is 0 Å². The summed E-state index contributed by atoms with van der Waals surface area (Å²) in [7, 11) is 0. The van der Waals surface area contributed by atoms with Gasteiger partial charge in [-0.25, -0.2) is 4.79 Å². The molecular formula is C16H16N2O3S. The van der Waals surface area contributed by atoms with Crippen molar-refractivity contribution in [3.05, 3.63) is 34.7 Å². The van der Waals surface area contributed by atoms with E-state index in [-0.39, 0.29) is 11.9 Å². The van der Waals surface area contributed by atoms with Crippen LogP contribution >= 0.6 is 11.3 Å². The number of nitrogens with one attached hydrogen (secondary N) is 2. The number of benzene rings is 1. The van der Waals surface area contributed by atoms with Crippen LogP contribution in [0.4, 0.5) is 0 Å². The summed E-state index contributed by atoms with van der Waals surface area (Å²) in [5.74, 6) is -1.01. The van der Waals surface area contributed by atoms with Crippen LogP contribution < -0.4 is 10.6 Å². The van der Waals surface area contributed by atoms with Crippen LogP contribution in [-0.2, 0) is 0 Å². The van der Waals surface area contributed by atoms with Gasteiger partial charge in [-0.15, -0.1) is 11.3 Å². The van der Waals surface area contributed by atoms with Gasteiger partial charge in [-0.05, 0) is 48.9 Å². The number of carbonyl (C=O) groups is 2.